The van der Waals surface area contributed by atoms with E-state index in [0.29, 0.717) is 19.5 Å². The number of rotatable bonds is 4. The second-order valence-corrected chi connectivity index (χ2v) is 10.3. The summed E-state index contributed by atoms with van der Waals surface area (Å²) in [6.07, 6.45) is 3.23. The molecule has 0 aliphatic carbocycles. The van der Waals surface area contributed by atoms with Gasteiger partial charge in [-0.25, -0.2) is 13.2 Å². The molecule has 0 unspecified atom stereocenters. The molecular formula is C17H30N2O5S. The van der Waals surface area contributed by atoms with Crippen LogP contribution in [0, 0.1) is 5.92 Å². The lowest BCUT2D eigenvalue weighted by Gasteiger charge is -2.36. The molecule has 7 nitrogen and oxygen atoms in total. The Morgan fingerprint density at radius 2 is 1.92 bits per heavy atom. The molecular weight excluding hydrogens is 344 g/mol. The van der Waals surface area contributed by atoms with Gasteiger partial charge in [-0.15, -0.1) is 0 Å². The number of carbonyl (C=O) groups excluding carboxylic acids is 2. The van der Waals surface area contributed by atoms with E-state index in [1.807, 2.05) is 20.8 Å². The predicted molar refractivity (Wildman–Crippen MR) is 95.0 cm³/mol. The summed E-state index contributed by atoms with van der Waals surface area (Å²) in [7, 11) is -2.96. The lowest BCUT2D eigenvalue weighted by atomic mass is 10.0. The number of likely N-dealkylation sites (tertiary alicyclic amines) is 1. The minimum atomic E-state index is -2.96. The normalized spacial score (nSPS) is 26.3. The van der Waals surface area contributed by atoms with Gasteiger partial charge in [0, 0.05) is 19.5 Å². The molecule has 0 aromatic heterocycles. The van der Waals surface area contributed by atoms with Crippen molar-refractivity contribution in [2.24, 2.45) is 5.92 Å². The molecule has 0 bridgehead atoms. The highest BCUT2D eigenvalue weighted by molar-refractivity contribution is 7.91. The molecule has 8 heteroatoms. The van der Waals surface area contributed by atoms with Gasteiger partial charge in [0.15, 0.2) is 9.84 Å². The predicted octanol–water partition coefficient (Wildman–Crippen LogP) is 1.72. The smallest absolute Gasteiger partial charge is 0.410 e. The molecule has 144 valence electrons. The summed E-state index contributed by atoms with van der Waals surface area (Å²) in [5.74, 6) is 0.0589. The van der Waals surface area contributed by atoms with Crippen LogP contribution in [0.15, 0.2) is 0 Å². The number of carbonyl (C=O) groups is 2. The van der Waals surface area contributed by atoms with Crippen LogP contribution in [0.5, 0.6) is 0 Å². The molecule has 2 saturated heterocycles. The second-order valence-electron chi connectivity index (χ2n) is 8.10. The molecule has 2 amide bonds. The zero-order valence-electron chi connectivity index (χ0n) is 15.4. The maximum Gasteiger partial charge on any atom is 0.410 e. The lowest BCUT2D eigenvalue weighted by molar-refractivity contribution is -0.122. The van der Waals surface area contributed by atoms with Crippen LogP contribution in [-0.2, 0) is 19.4 Å². The van der Waals surface area contributed by atoms with Crippen molar-refractivity contribution in [3.63, 3.8) is 0 Å². The topological polar surface area (TPSA) is 92.8 Å². The van der Waals surface area contributed by atoms with E-state index in [4.69, 9.17) is 4.74 Å². The van der Waals surface area contributed by atoms with Crippen LogP contribution in [0.25, 0.3) is 0 Å². The summed E-state index contributed by atoms with van der Waals surface area (Å²) in [6, 6.07) is -0.0696. The van der Waals surface area contributed by atoms with Crippen molar-refractivity contribution in [3.05, 3.63) is 0 Å². The monoisotopic (exact) mass is 374 g/mol. The van der Waals surface area contributed by atoms with Gasteiger partial charge in [0.05, 0.1) is 17.5 Å². The van der Waals surface area contributed by atoms with Crippen molar-refractivity contribution < 1.29 is 22.7 Å². The largest absolute Gasteiger partial charge is 0.444 e. The van der Waals surface area contributed by atoms with Crippen LogP contribution in [0.2, 0.25) is 0 Å². The maximum absolute atomic E-state index is 12.3. The van der Waals surface area contributed by atoms with Gasteiger partial charge in [-0.1, -0.05) is 0 Å². The minimum Gasteiger partial charge on any atom is -0.444 e. The molecule has 2 atom stereocenters. The molecule has 1 N–H and O–H groups in total. The van der Waals surface area contributed by atoms with Crippen molar-refractivity contribution in [3.8, 4) is 0 Å². The van der Waals surface area contributed by atoms with Crippen molar-refractivity contribution in [2.75, 3.05) is 24.6 Å². The van der Waals surface area contributed by atoms with Gasteiger partial charge in [-0.3, -0.25) is 4.79 Å². The first-order chi connectivity index (χ1) is 11.6. The van der Waals surface area contributed by atoms with E-state index in [0.717, 1.165) is 19.3 Å². The fourth-order valence-electron chi connectivity index (χ4n) is 3.37. The van der Waals surface area contributed by atoms with Crippen molar-refractivity contribution in [1.29, 1.82) is 0 Å². The molecule has 0 aromatic carbocycles. The van der Waals surface area contributed by atoms with Gasteiger partial charge >= 0.3 is 6.09 Å². The molecule has 2 heterocycles. The van der Waals surface area contributed by atoms with Crippen LogP contribution < -0.4 is 5.32 Å². The summed E-state index contributed by atoms with van der Waals surface area (Å²) in [4.78, 5) is 26.2. The molecule has 0 radical (unpaired) electrons. The quantitative estimate of drug-likeness (QED) is 0.809. The van der Waals surface area contributed by atoms with Crippen molar-refractivity contribution >= 4 is 21.8 Å². The number of amides is 2. The van der Waals surface area contributed by atoms with Crippen LogP contribution in [0.1, 0.15) is 52.9 Å². The second kappa shape index (κ2) is 7.93. The Bertz CT molecular complexity index is 597. The number of hydrogen-bond acceptors (Lipinski definition) is 5. The molecule has 2 rings (SSSR count). The van der Waals surface area contributed by atoms with Gasteiger partial charge in [0.1, 0.15) is 5.60 Å². The van der Waals surface area contributed by atoms with E-state index < -0.39 is 15.4 Å². The van der Waals surface area contributed by atoms with Crippen LogP contribution in [0.4, 0.5) is 4.79 Å². The number of piperidine rings is 1. The summed E-state index contributed by atoms with van der Waals surface area (Å²) in [6.45, 7) is 6.53. The van der Waals surface area contributed by atoms with E-state index in [9.17, 15) is 18.0 Å². The minimum absolute atomic E-state index is 0.0696. The Balaban J connectivity index is 1.82. The number of nitrogens with zero attached hydrogens (tertiary/aromatic N) is 1. The Hall–Kier alpha value is -1.31. The standard InChI is InChI=1S/C17H30N2O5S/c1-17(2,3)24-16(21)19-8-5-4-6-14(19)11-18-15(20)10-13-7-9-25(22,23)12-13/h13-14H,4-12H2,1-3H3,(H,18,20)/t13-,14+/m0/s1. The Morgan fingerprint density at radius 3 is 2.52 bits per heavy atom. The lowest BCUT2D eigenvalue weighted by Crippen LogP contribution is -2.50. The third kappa shape index (κ3) is 6.49. The molecule has 0 saturated carbocycles. The van der Waals surface area contributed by atoms with Crippen molar-refractivity contribution in [2.45, 2.75) is 64.5 Å². The first-order valence-electron chi connectivity index (χ1n) is 9.02. The van der Waals surface area contributed by atoms with Gasteiger partial charge in [-0.05, 0) is 52.4 Å². The summed E-state index contributed by atoms with van der Waals surface area (Å²) >= 11 is 0. The third-order valence-electron chi connectivity index (χ3n) is 4.59. The van der Waals surface area contributed by atoms with E-state index in [1.165, 1.54) is 0 Å². The molecule has 25 heavy (non-hydrogen) atoms. The third-order valence-corrected chi connectivity index (χ3v) is 6.43. The van der Waals surface area contributed by atoms with Gasteiger partial charge in [0.25, 0.3) is 0 Å². The van der Waals surface area contributed by atoms with Gasteiger partial charge < -0.3 is 15.0 Å². The fourth-order valence-corrected chi connectivity index (χ4v) is 5.23. The molecule has 2 fully saturated rings. The van der Waals surface area contributed by atoms with Crippen LogP contribution >= 0.6 is 0 Å². The van der Waals surface area contributed by atoms with Gasteiger partial charge in [-0.2, -0.15) is 0 Å². The van der Waals surface area contributed by atoms with Crippen molar-refractivity contribution in [1.82, 2.24) is 10.2 Å². The van der Waals surface area contributed by atoms with Crippen LogP contribution in [0.3, 0.4) is 0 Å². The van der Waals surface area contributed by atoms with E-state index in [1.54, 1.807) is 4.90 Å². The summed E-state index contributed by atoms with van der Waals surface area (Å²) in [5.41, 5.74) is -0.545. The van der Waals surface area contributed by atoms with Gasteiger partial charge in [0.2, 0.25) is 5.91 Å². The Kier molecular flexibility index (Phi) is 6.35. The maximum atomic E-state index is 12.3. The van der Waals surface area contributed by atoms with E-state index in [2.05, 4.69) is 5.32 Å². The highest BCUT2D eigenvalue weighted by Crippen LogP contribution is 2.22. The van der Waals surface area contributed by atoms with E-state index in [-0.39, 0.29) is 41.9 Å². The Morgan fingerprint density at radius 1 is 1.20 bits per heavy atom. The molecule has 0 aromatic rings. The number of ether oxygens (including phenoxy) is 1. The number of nitrogens with one attached hydrogen (secondary N) is 1. The summed E-state index contributed by atoms with van der Waals surface area (Å²) < 4.78 is 28.4. The SMILES string of the molecule is CC(C)(C)OC(=O)N1CCCC[C@@H]1CNC(=O)C[C@@H]1CCS(=O)(=O)C1. The first kappa shape index (κ1) is 20.0. The Labute approximate surface area is 150 Å². The average Bonchev–Trinajstić information content (AvgIpc) is 2.82. The first-order valence-corrected chi connectivity index (χ1v) is 10.8. The number of sulfone groups is 1. The molecule has 2 aliphatic rings. The highest BCUT2D eigenvalue weighted by atomic mass is 32.2. The van der Waals surface area contributed by atoms with Crippen LogP contribution in [-0.4, -0.2) is 61.6 Å². The summed E-state index contributed by atoms with van der Waals surface area (Å²) in [5, 5.41) is 2.87. The molecule has 2 aliphatic heterocycles. The van der Waals surface area contributed by atoms with E-state index >= 15 is 0 Å². The zero-order chi connectivity index (χ0) is 18.7. The zero-order valence-corrected chi connectivity index (χ0v) is 16.2. The number of hydrogen-bond donors (Lipinski definition) is 1. The molecule has 0 spiro atoms. The average molecular weight is 375 g/mol. The highest BCUT2D eigenvalue weighted by Gasteiger charge is 2.32. The fraction of sp³-hybridized carbons (Fsp3) is 0.882.